The van der Waals surface area contributed by atoms with Crippen LogP contribution in [0.15, 0.2) is 65.2 Å². The SMILES string of the molecule is [CH2]C(=O)CN1C(C2=CCCc3c2ccc2c3CCc3ccccc3-2)=CC=C(CCC2CCN(C(=O)OC(C)(C)C)CC2)S1(=O)=O. The molecule has 2 heterocycles. The van der Waals surface area contributed by atoms with Gasteiger partial charge in [0.1, 0.15) is 5.60 Å². The fraction of sp³-hybridized carbons (Fsp3) is 0.432. The predicted octanol–water partition coefficient (Wildman–Crippen LogP) is 7.03. The second-order valence-corrected chi connectivity index (χ2v) is 15.5. The number of fused-ring (bicyclic) bond motifs is 5. The molecule has 0 bridgehead atoms. The Morgan fingerprint density at radius 3 is 2.38 bits per heavy atom. The van der Waals surface area contributed by atoms with E-state index >= 15 is 0 Å². The van der Waals surface area contributed by atoms with Crippen LogP contribution in [-0.2, 0) is 38.8 Å². The number of Topliss-reactive ketones (excluding diaryl/α,β-unsaturated/α-hetero) is 1. The molecule has 2 aromatic carbocycles. The number of carbonyl (C=O) groups is 2. The zero-order valence-corrected chi connectivity index (χ0v) is 27.4. The van der Waals surface area contributed by atoms with Gasteiger partial charge >= 0.3 is 6.09 Å². The Labute approximate surface area is 267 Å². The molecule has 2 aromatic rings. The number of allylic oxidation sites excluding steroid dienone is 5. The van der Waals surface area contributed by atoms with Gasteiger partial charge in [-0.3, -0.25) is 9.10 Å². The van der Waals surface area contributed by atoms with Gasteiger partial charge in [-0.15, -0.1) is 0 Å². The Morgan fingerprint density at radius 2 is 1.64 bits per heavy atom. The van der Waals surface area contributed by atoms with E-state index in [4.69, 9.17) is 4.74 Å². The number of ketones is 1. The topological polar surface area (TPSA) is 84.0 Å². The molecule has 45 heavy (non-hydrogen) atoms. The van der Waals surface area contributed by atoms with Crippen LogP contribution in [0.5, 0.6) is 0 Å². The van der Waals surface area contributed by atoms with Gasteiger partial charge in [-0.25, -0.2) is 13.2 Å². The van der Waals surface area contributed by atoms with E-state index in [2.05, 4.69) is 49.4 Å². The summed E-state index contributed by atoms with van der Waals surface area (Å²) in [6, 6.07) is 12.9. The van der Waals surface area contributed by atoms with Gasteiger partial charge in [-0.1, -0.05) is 42.5 Å². The number of likely N-dealkylation sites (tertiary alicyclic amines) is 1. The summed E-state index contributed by atoms with van der Waals surface area (Å²) in [5, 5.41) is 0. The molecule has 2 aliphatic carbocycles. The number of rotatable bonds is 6. The summed E-state index contributed by atoms with van der Waals surface area (Å²) < 4.78 is 34.9. The highest BCUT2D eigenvalue weighted by atomic mass is 32.2. The molecule has 4 aliphatic rings. The highest BCUT2D eigenvalue weighted by Crippen LogP contribution is 2.44. The first-order valence-corrected chi connectivity index (χ1v) is 17.6. The molecule has 0 atom stereocenters. The smallest absolute Gasteiger partial charge is 0.410 e. The lowest BCUT2D eigenvalue weighted by Crippen LogP contribution is -2.41. The summed E-state index contributed by atoms with van der Waals surface area (Å²) in [5.41, 5.74) is 8.47. The van der Waals surface area contributed by atoms with Gasteiger partial charge in [0.25, 0.3) is 10.0 Å². The lowest BCUT2D eigenvalue weighted by molar-refractivity contribution is -0.114. The van der Waals surface area contributed by atoms with Crippen molar-refractivity contribution in [3.8, 4) is 11.1 Å². The first-order chi connectivity index (χ1) is 21.4. The summed E-state index contributed by atoms with van der Waals surface area (Å²) in [6.07, 6.45) is 11.8. The molecular formula is C37H43N2O5S. The Balaban J connectivity index is 1.23. The molecule has 6 rings (SSSR count). The normalized spacial score (nSPS) is 19.4. The highest BCUT2D eigenvalue weighted by molar-refractivity contribution is 7.93. The molecule has 2 aliphatic heterocycles. The third-order valence-electron chi connectivity index (χ3n) is 9.39. The lowest BCUT2D eigenvalue weighted by Gasteiger charge is -2.35. The maximum Gasteiger partial charge on any atom is 0.410 e. The maximum atomic E-state index is 14.1. The first-order valence-electron chi connectivity index (χ1n) is 16.1. The minimum absolute atomic E-state index is 0.298. The van der Waals surface area contributed by atoms with Crippen molar-refractivity contribution in [1.29, 1.82) is 0 Å². The molecule has 0 saturated carbocycles. The van der Waals surface area contributed by atoms with E-state index in [-0.39, 0.29) is 12.6 Å². The Kier molecular flexibility index (Phi) is 8.55. The average Bonchev–Trinajstić information content (AvgIpc) is 3.00. The van der Waals surface area contributed by atoms with E-state index in [0.717, 1.165) is 49.7 Å². The van der Waals surface area contributed by atoms with Gasteiger partial charge in [-0.05, 0) is 124 Å². The zero-order chi connectivity index (χ0) is 31.9. The van der Waals surface area contributed by atoms with Gasteiger partial charge in [0.15, 0.2) is 5.78 Å². The number of piperidine rings is 1. The molecule has 1 saturated heterocycles. The number of hydrogen-bond donors (Lipinski definition) is 0. The van der Waals surface area contributed by atoms with Crippen LogP contribution < -0.4 is 0 Å². The molecule has 1 radical (unpaired) electrons. The van der Waals surface area contributed by atoms with Crippen molar-refractivity contribution < 1.29 is 22.7 Å². The van der Waals surface area contributed by atoms with Crippen LogP contribution in [0.4, 0.5) is 4.79 Å². The summed E-state index contributed by atoms with van der Waals surface area (Å²) in [7, 11) is -3.92. The Hall–Kier alpha value is -3.65. The van der Waals surface area contributed by atoms with E-state index in [1.54, 1.807) is 11.0 Å². The molecule has 7 nitrogen and oxygen atoms in total. The number of carbonyl (C=O) groups excluding carboxylic acids is 2. The van der Waals surface area contributed by atoms with Crippen molar-refractivity contribution in [2.45, 2.75) is 77.7 Å². The first kappa shape index (κ1) is 31.3. The highest BCUT2D eigenvalue weighted by Gasteiger charge is 2.36. The minimum atomic E-state index is -3.92. The number of nitrogens with zero attached hydrogens (tertiary/aromatic N) is 2. The zero-order valence-electron chi connectivity index (χ0n) is 26.6. The molecule has 0 unspecified atom stereocenters. The number of aryl methyl sites for hydroxylation is 1. The van der Waals surface area contributed by atoms with Crippen molar-refractivity contribution >= 4 is 27.5 Å². The van der Waals surface area contributed by atoms with Crippen LogP contribution in [0.2, 0.25) is 0 Å². The van der Waals surface area contributed by atoms with Crippen molar-refractivity contribution in [2.24, 2.45) is 5.92 Å². The summed E-state index contributed by atoms with van der Waals surface area (Å²) in [6.45, 7) is 10.0. The third kappa shape index (κ3) is 6.39. The molecule has 1 amide bonds. The molecule has 8 heteroatoms. The predicted molar refractivity (Wildman–Crippen MR) is 178 cm³/mol. The van der Waals surface area contributed by atoms with E-state index < -0.39 is 21.4 Å². The molecule has 0 N–H and O–H groups in total. The number of benzene rings is 2. The fourth-order valence-corrected chi connectivity index (χ4v) is 8.83. The maximum absolute atomic E-state index is 14.1. The Morgan fingerprint density at radius 1 is 0.933 bits per heavy atom. The van der Waals surface area contributed by atoms with E-state index in [9.17, 15) is 18.0 Å². The molecule has 0 spiro atoms. The molecule has 0 aromatic heterocycles. The van der Waals surface area contributed by atoms with Gasteiger partial charge in [0.2, 0.25) is 0 Å². The van der Waals surface area contributed by atoms with Crippen LogP contribution in [0.1, 0.15) is 75.1 Å². The van der Waals surface area contributed by atoms with Crippen molar-refractivity contribution in [2.75, 3.05) is 19.6 Å². The van der Waals surface area contributed by atoms with Gasteiger partial charge < -0.3 is 9.64 Å². The second kappa shape index (κ2) is 12.3. The summed E-state index contributed by atoms with van der Waals surface area (Å²) in [4.78, 5) is 26.9. The fourth-order valence-electron chi connectivity index (χ4n) is 7.20. The van der Waals surface area contributed by atoms with Crippen LogP contribution >= 0.6 is 0 Å². The van der Waals surface area contributed by atoms with Crippen LogP contribution in [0, 0.1) is 12.8 Å². The van der Waals surface area contributed by atoms with Crippen LogP contribution in [0.25, 0.3) is 16.7 Å². The van der Waals surface area contributed by atoms with Crippen LogP contribution in [-0.4, -0.2) is 54.7 Å². The quantitative estimate of drug-likeness (QED) is 0.344. The molecule has 237 valence electrons. The van der Waals surface area contributed by atoms with Gasteiger partial charge in [0, 0.05) is 25.6 Å². The second-order valence-electron chi connectivity index (χ2n) is 13.6. The third-order valence-corrected chi connectivity index (χ3v) is 11.3. The lowest BCUT2D eigenvalue weighted by atomic mass is 9.77. The number of hydrogen-bond acceptors (Lipinski definition) is 5. The van der Waals surface area contributed by atoms with E-state index in [1.807, 2.05) is 26.8 Å². The number of ether oxygens (including phenoxy) is 1. The minimum Gasteiger partial charge on any atom is -0.444 e. The molecular weight excluding hydrogens is 584 g/mol. The van der Waals surface area contributed by atoms with E-state index in [1.165, 1.54) is 32.1 Å². The van der Waals surface area contributed by atoms with Gasteiger partial charge in [-0.2, -0.15) is 0 Å². The van der Waals surface area contributed by atoms with Crippen LogP contribution in [0.3, 0.4) is 0 Å². The average molecular weight is 628 g/mol. The summed E-state index contributed by atoms with van der Waals surface area (Å²) in [5.74, 6) is -0.142. The van der Waals surface area contributed by atoms with Crippen molar-refractivity contribution in [1.82, 2.24) is 9.21 Å². The standard InChI is InChI=1S/C37H43N2O5S/c1-25(40)24-39-35(34-11-7-10-30-32-16-13-27-8-5-6-9-29(27)31(32)17-18-33(30)34)19-15-28(45(39,42)43)14-12-26-20-22-38(23-21-26)36(41)44-37(2,3)4/h5-6,8-9,11,15,17-19,26H,1,7,10,12-14,16,20-24H2,2-4H3. The Bertz CT molecular complexity index is 1720. The number of sulfonamides is 1. The molecule has 1 fully saturated rings. The van der Waals surface area contributed by atoms with Crippen molar-refractivity contribution in [3.05, 3.63) is 94.4 Å². The summed E-state index contributed by atoms with van der Waals surface area (Å²) >= 11 is 0. The van der Waals surface area contributed by atoms with E-state index in [0.29, 0.717) is 42.5 Å². The largest absolute Gasteiger partial charge is 0.444 e. The number of amides is 1. The van der Waals surface area contributed by atoms with Gasteiger partial charge in [0.05, 0.1) is 17.1 Å². The van der Waals surface area contributed by atoms with Crippen molar-refractivity contribution in [3.63, 3.8) is 0 Å². The monoisotopic (exact) mass is 627 g/mol.